The maximum absolute atomic E-state index is 5.13. The molecule has 2 heteroatoms. The molecule has 11 heavy (non-hydrogen) atoms. The number of hydrogen-bond acceptors (Lipinski definition) is 1. The zero-order chi connectivity index (χ0) is 7.68. The van der Waals surface area contributed by atoms with Crippen LogP contribution in [0.4, 0.5) is 0 Å². The van der Waals surface area contributed by atoms with Crippen molar-refractivity contribution in [2.45, 2.75) is 12.5 Å². The number of ether oxygens (including phenoxy) is 1. The SMILES string of the molecule is [Si]c1ccc(CC2CO2)cc1. The smallest absolute Gasteiger partial charge is 0.0850 e. The van der Waals surface area contributed by atoms with Crippen LogP contribution in [0, 0.1) is 0 Å². The van der Waals surface area contributed by atoms with Gasteiger partial charge in [-0.2, -0.15) is 0 Å². The third-order valence-corrected chi connectivity index (χ3v) is 2.15. The molecule has 0 N–H and O–H groups in total. The van der Waals surface area contributed by atoms with E-state index in [1.807, 2.05) is 0 Å². The van der Waals surface area contributed by atoms with Gasteiger partial charge in [0.25, 0.3) is 0 Å². The topological polar surface area (TPSA) is 12.5 Å². The second-order valence-electron chi connectivity index (χ2n) is 2.86. The first-order chi connectivity index (χ1) is 5.34. The molecule has 1 fully saturated rings. The molecule has 1 atom stereocenters. The molecule has 0 amide bonds. The van der Waals surface area contributed by atoms with Gasteiger partial charge in [-0.05, 0) is 5.56 Å². The summed E-state index contributed by atoms with van der Waals surface area (Å²) >= 11 is 0. The molecule has 2 rings (SSSR count). The zero-order valence-corrected chi connectivity index (χ0v) is 7.21. The number of hydrogen-bond donors (Lipinski definition) is 0. The van der Waals surface area contributed by atoms with Gasteiger partial charge in [0.2, 0.25) is 0 Å². The fourth-order valence-electron chi connectivity index (χ4n) is 1.09. The van der Waals surface area contributed by atoms with Crippen molar-refractivity contribution in [3.05, 3.63) is 29.8 Å². The van der Waals surface area contributed by atoms with Crippen LogP contribution in [0.5, 0.6) is 0 Å². The Morgan fingerprint density at radius 3 is 2.55 bits per heavy atom. The van der Waals surface area contributed by atoms with Crippen molar-refractivity contribution in [2.24, 2.45) is 0 Å². The van der Waals surface area contributed by atoms with Crippen molar-refractivity contribution >= 4 is 15.4 Å². The van der Waals surface area contributed by atoms with Crippen molar-refractivity contribution in [1.82, 2.24) is 0 Å². The molecule has 0 saturated carbocycles. The molecule has 0 aliphatic carbocycles. The number of epoxide rings is 1. The van der Waals surface area contributed by atoms with E-state index >= 15 is 0 Å². The molecule has 0 bridgehead atoms. The minimum absolute atomic E-state index is 0.496. The molecule has 1 aliphatic rings. The fourth-order valence-corrected chi connectivity index (χ4v) is 1.26. The summed E-state index contributed by atoms with van der Waals surface area (Å²) in [5, 5.41) is 1.13. The predicted octanol–water partition coefficient (Wildman–Crippen LogP) is 0.422. The van der Waals surface area contributed by atoms with Crippen LogP contribution in [0.25, 0.3) is 0 Å². The molecular weight excluding hydrogens is 152 g/mol. The van der Waals surface area contributed by atoms with Crippen molar-refractivity contribution in [3.8, 4) is 0 Å². The largest absolute Gasteiger partial charge is 0.373 e. The van der Waals surface area contributed by atoms with Crippen LogP contribution < -0.4 is 5.19 Å². The third-order valence-electron chi connectivity index (χ3n) is 1.82. The standard InChI is InChI=1S/C9H9OSi/c11-9-3-1-7(2-4-9)5-8-6-10-8/h1-4,8H,5-6H2. The molecule has 1 unspecified atom stereocenters. The molecule has 1 saturated heterocycles. The van der Waals surface area contributed by atoms with E-state index in [1.165, 1.54) is 5.56 Å². The van der Waals surface area contributed by atoms with Gasteiger partial charge < -0.3 is 4.74 Å². The van der Waals surface area contributed by atoms with E-state index in [2.05, 4.69) is 34.5 Å². The zero-order valence-electron chi connectivity index (χ0n) is 6.21. The summed E-state index contributed by atoms with van der Waals surface area (Å²) in [6.45, 7) is 0.940. The van der Waals surface area contributed by atoms with Gasteiger partial charge >= 0.3 is 0 Å². The molecule has 3 radical (unpaired) electrons. The molecule has 0 aromatic heterocycles. The highest BCUT2D eigenvalue weighted by Gasteiger charge is 2.22. The highest BCUT2D eigenvalue weighted by atomic mass is 28.1. The Labute approximate surface area is 69.8 Å². The van der Waals surface area contributed by atoms with Crippen molar-refractivity contribution in [2.75, 3.05) is 6.61 Å². The number of benzene rings is 1. The first kappa shape index (κ1) is 7.07. The highest BCUT2D eigenvalue weighted by Crippen LogP contribution is 2.14. The maximum Gasteiger partial charge on any atom is 0.0850 e. The summed E-state index contributed by atoms with van der Waals surface area (Å²) in [6, 6.07) is 8.39. The van der Waals surface area contributed by atoms with Crippen LogP contribution >= 0.6 is 0 Å². The number of rotatable bonds is 2. The summed E-state index contributed by atoms with van der Waals surface area (Å²) in [7, 11) is 3.44. The molecule has 1 nitrogen and oxygen atoms in total. The highest BCUT2D eigenvalue weighted by molar-refractivity contribution is 6.32. The van der Waals surface area contributed by atoms with Crippen molar-refractivity contribution in [1.29, 1.82) is 0 Å². The van der Waals surface area contributed by atoms with E-state index in [9.17, 15) is 0 Å². The van der Waals surface area contributed by atoms with E-state index in [-0.39, 0.29) is 0 Å². The second-order valence-corrected chi connectivity index (χ2v) is 3.43. The minimum atomic E-state index is 0.496. The molecule has 1 aromatic rings. The van der Waals surface area contributed by atoms with E-state index in [1.54, 1.807) is 0 Å². The molecule has 55 valence electrons. The van der Waals surface area contributed by atoms with Gasteiger partial charge in [0.15, 0.2) is 0 Å². The lowest BCUT2D eigenvalue weighted by molar-refractivity contribution is 0.407. The van der Waals surface area contributed by atoms with Crippen LogP contribution in [0.15, 0.2) is 24.3 Å². The van der Waals surface area contributed by atoms with Crippen LogP contribution in [0.3, 0.4) is 0 Å². The summed E-state index contributed by atoms with van der Waals surface area (Å²) in [5.41, 5.74) is 1.36. The van der Waals surface area contributed by atoms with E-state index < -0.39 is 0 Å². The summed E-state index contributed by atoms with van der Waals surface area (Å²) < 4.78 is 5.13. The van der Waals surface area contributed by atoms with Gasteiger partial charge in [0.1, 0.15) is 0 Å². The lowest BCUT2D eigenvalue weighted by Gasteiger charge is -1.97. The summed E-state index contributed by atoms with van der Waals surface area (Å²) in [4.78, 5) is 0. The Morgan fingerprint density at radius 2 is 2.00 bits per heavy atom. The molecule has 1 aromatic carbocycles. The minimum Gasteiger partial charge on any atom is -0.373 e. The maximum atomic E-state index is 5.13. The first-order valence-electron chi connectivity index (χ1n) is 3.77. The van der Waals surface area contributed by atoms with E-state index in [0.717, 1.165) is 18.2 Å². The van der Waals surface area contributed by atoms with Gasteiger partial charge in [-0.25, -0.2) is 0 Å². The van der Waals surface area contributed by atoms with Gasteiger partial charge in [-0.15, -0.1) is 0 Å². The Kier molecular flexibility index (Phi) is 1.80. The van der Waals surface area contributed by atoms with Gasteiger partial charge in [-0.1, -0.05) is 29.5 Å². The Bertz CT molecular complexity index is 238. The predicted molar refractivity (Wildman–Crippen MR) is 45.3 cm³/mol. The Balaban J connectivity index is 2.06. The van der Waals surface area contributed by atoms with E-state index in [4.69, 9.17) is 4.74 Å². The van der Waals surface area contributed by atoms with Crippen LogP contribution in [-0.2, 0) is 11.2 Å². The quantitative estimate of drug-likeness (QED) is 0.452. The van der Waals surface area contributed by atoms with Gasteiger partial charge in [0, 0.05) is 6.42 Å². The monoisotopic (exact) mass is 161 g/mol. The molecule has 1 aliphatic heterocycles. The molecule has 0 spiro atoms. The van der Waals surface area contributed by atoms with Crippen LogP contribution in [0.1, 0.15) is 5.56 Å². The molecule has 1 heterocycles. The van der Waals surface area contributed by atoms with Gasteiger partial charge in [-0.3, -0.25) is 0 Å². The Morgan fingerprint density at radius 1 is 1.36 bits per heavy atom. The van der Waals surface area contributed by atoms with E-state index in [0.29, 0.717) is 6.10 Å². The average Bonchev–Trinajstić information content (AvgIpc) is 2.78. The fraction of sp³-hybridized carbons (Fsp3) is 0.333. The average molecular weight is 161 g/mol. The Hall–Kier alpha value is -0.603. The summed E-state index contributed by atoms with van der Waals surface area (Å²) in [5.74, 6) is 0. The third kappa shape index (κ3) is 1.91. The summed E-state index contributed by atoms with van der Waals surface area (Å²) in [6.07, 6.45) is 1.56. The normalized spacial score (nSPS) is 21.7. The lowest BCUT2D eigenvalue weighted by atomic mass is 10.1. The first-order valence-corrected chi connectivity index (χ1v) is 4.27. The van der Waals surface area contributed by atoms with Crippen LogP contribution in [-0.4, -0.2) is 23.0 Å². The van der Waals surface area contributed by atoms with Crippen LogP contribution in [0.2, 0.25) is 0 Å². The lowest BCUT2D eigenvalue weighted by Crippen LogP contribution is -2.01. The van der Waals surface area contributed by atoms with Crippen molar-refractivity contribution < 1.29 is 4.74 Å². The van der Waals surface area contributed by atoms with Crippen molar-refractivity contribution in [3.63, 3.8) is 0 Å². The molecular formula is C9H9OSi. The van der Waals surface area contributed by atoms with Gasteiger partial charge in [0.05, 0.1) is 23.0 Å². The second kappa shape index (κ2) is 2.79.